The highest BCUT2D eigenvalue weighted by atomic mass is 32.9. The molecule has 0 aromatic carbocycles. The SMILES string of the molecule is C=C1CC(C)(C)OP(C)(=S)S1. The summed E-state index contributed by atoms with van der Waals surface area (Å²) in [5.74, 6) is 0. The summed E-state index contributed by atoms with van der Waals surface area (Å²) in [6.45, 7) is 10.1. The summed E-state index contributed by atoms with van der Waals surface area (Å²) in [6.07, 6.45) is 0.921. The largest absolute Gasteiger partial charge is 0.335 e. The van der Waals surface area contributed by atoms with Crippen LogP contribution < -0.4 is 0 Å². The quantitative estimate of drug-likeness (QED) is 0.565. The number of hydrogen-bond donors (Lipinski definition) is 0. The number of hydrogen-bond acceptors (Lipinski definition) is 3. The zero-order valence-electron chi connectivity index (χ0n) is 7.09. The Bertz CT molecular complexity index is 235. The smallest absolute Gasteiger partial charge is 0.121 e. The standard InChI is InChI=1S/C7H13OPS2/c1-6-5-7(2,3)8-9(4,10)11-6/h1,5H2,2-4H3. The Morgan fingerprint density at radius 3 is 2.64 bits per heavy atom. The highest BCUT2D eigenvalue weighted by Gasteiger charge is 2.32. The molecule has 1 aliphatic heterocycles. The van der Waals surface area contributed by atoms with Crippen LogP contribution in [0.5, 0.6) is 0 Å². The number of rotatable bonds is 0. The molecule has 0 aliphatic carbocycles. The molecule has 64 valence electrons. The van der Waals surface area contributed by atoms with Gasteiger partial charge in [0.2, 0.25) is 0 Å². The topological polar surface area (TPSA) is 9.23 Å². The third-order valence-corrected chi connectivity index (χ3v) is 5.78. The maximum absolute atomic E-state index is 5.76. The van der Waals surface area contributed by atoms with Gasteiger partial charge in [0.25, 0.3) is 0 Å². The summed E-state index contributed by atoms with van der Waals surface area (Å²) < 4.78 is 5.76. The van der Waals surface area contributed by atoms with Gasteiger partial charge in [0.15, 0.2) is 0 Å². The molecule has 1 unspecified atom stereocenters. The minimum Gasteiger partial charge on any atom is -0.335 e. The van der Waals surface area contributed by atoms with Gasteiger partial charge in [-0.25, -0.2) is 0 Å². The molecule has 1 heterocycles. The zero-order chi connectivity index (χ0) is 8.70. The van der Waals surface area contributed by atoms with Gasteiger partial charge in [-0.15, -0.1) is 0 Å². The normalized spacial score (nSPS) is 37.2. The fourth-order valence-corrected chi connectivity index (χ4v) is 6.99. The molecule has 0 aromatic heterocycles. The highest BCUT2D eigenvalue weighted by molar-refractivity contribution is 8.70. The first-order valence-corrected chi connectivity index (χ1v) is 8.05. The average Bonchev–Trinajstić information content (AvgIpc) is 1.49. The molecule has 0 saturated carbocycles. The van der Waals surface area contributed by atoms with E-state index in [0.717, 1.165) is 6.42 Å². The van der Waals surface area contributed by atoms with Gasteiger partial charge in [-0.3, -0.25) is 0 Å². The lowest BCUT2D eigenvalue weighted by Gasteiger charge is -2.36. The van der Waals surface area contributed by atoms with Crippen LogP contribution in [0.1, 0.15) is 20.3 Å². The summed E-state index contributed by atoms with van der Waals surface area (Å²) in [4.78, 5) is 1.17. The molecule has 0 radical (unpaired) electrons. The van der Waals surface area contributed by atoms with Crippen molar-refractivity contribution in [2.75, 3.05) is 6.66 Å². The predicted molar refractivity (Wildman–Crippen MR) is 56.7 cm³/mol. The van der Waals surface area contributed by atoms with E-state index in [9.17, 15) is 0 Å². The van der Waals surface area contributed by atoms with E-state index in [1.807, 2.05) is 6.66 Å². The zero-order valence-corrected chi connectivity index (χ0v) is 9.61. The first-order valence-electron chi connectivity index (χ1n) is 3.46. The van der Waals surface area contributed by atoms with Gasteiger partial charge in [-0.05, 0) is 25.4 Å². The minimum atomic E-state index is -1.61. The third kappa shape index (κ3) is 2.90. The van der Waals surface area contributed by atoms with Gasteiger partial charge in [0.1, 0.15) is 5.47 Å². The van der Waals surface area contributed by atoms with E-state index < -0.39 is 5.47 Å². The summed E-state index contributed by atoms with van der Waals surface area (Å²) in [6, 6.07) is 0. The van der Waals surface area contributed by atoms with Crippen molar-refractivity contribution < 1.29 is 4.52 Å². The Balaban J connectivity index is 2.83. The Morgan fingerprint density at radius 2 is 2.27 bits per heavy atom. The maximum atomic E-state index is 5.76. The van der Waals surface area contributed by atoms with Gasteiger partial charge in [-0.2, -0.15) is 0 Å². The van der Waals surface area contributed by atoms with Gasteiger partial charge in [0.05, 0.1) is 5.60 Å². The fourth-order valence-electron chi connectivity index (χ4n) is 1.24. The van der Waals surface area contributed by atoms with Crippen LogP contribution in [-0.2, 0) is 16.3 Å². The second-order valence-electron chi connectivity index (χ2n) is 3.43. The second-order valence-corrected chi connectivity index (χ2v) is 11.3. The lowest BCUT2D eigenvalue weighted by Crippen LogP contribution is -2.25. The summed E-state index contributed by atoms with van der Waals surface area (Å²) >= 11 is 6.97. The monoisotopic (exact) mass is 208 g/mol. The van der Waals surface area contributed by atoms with Crippen molar-refractivity contribution in [3.63, 3.8) is 0 Å². The predicted octanol–water partition coefficient (Wildman–Crippen LogP) is 3.37. The molecule has 0 aromatic rings. The van der Waals surface area contributed by atoms with Crippen LogP contribution in [0.4, 0.5) is 0 Å². The minimum absolute atomic E-state index is 0.0907. The molecule has 0 spiro atoms. The van der Waals surface area contributed by atoms with Crippen LogP contribution in [0.25, 0.3) is 0 Å². The molecular weight excluding hydrogens is 195 g/mol. The van der Waals surface area contributed by atoms with Gasteiger partial charge in [-0.1, -0.05) is 29.8 Å². The van der Waals surface area contributed by atoms with Crippen LogP contribution in [0.2, 0.25) is 0 Å². The molecule has 1 aliphatic rings. The van der Waals surface area contributed by atoms with Crippen molar-refractivity contribution in [2.45, 2.75) is 25.9 Å². The van der Waals surface area contributed by atoms with Crippen molar-refractivity contribution >= 4 is 28.7 Å². The highest BCUT2D eigenvalue weighted by Crippen LogP contribution is 2.66. The van der Waals surface area contributed by atoms with E-state index in [1.54, 1.807) is 11.4 Å². The second kappa shape index (κ2) is 2.88. The molecule has 1 nitrogen and oxygen atoms in total. The first kappa shape index (κ1) is 9.79. The molecule has 4 heteroatoms. The van der Waals surface area contributed by atoms with Crippen LogP contribution in [0, 0.1) is 0 Å². The van der Waals surface area contributed by atoms with Crippen LogP contribution >= 0.6 is 16.8 Å². The molecule has 1 fully saturated rings. The fraction of sp³-hybridized carbons (Fsp3) is 0.714. The van der Waals surface area contributed by atoms with Crippen molar-refractivity contribution in [3.8, 4) is 0 Å². The van der Waals surface area contributed by atoms with Crippen molar-refractivity contribution in [1.29, 1.82) is 0 Å². The first-order chi connectivity index (χ1) is 4.81. The lowest BCUT2D eigenvalue weighted by atomic mass is 10.1. The Kier molecular flexibility index (Phi) is 2.56. The molecule has 0 amide bonds. The molecule has 0 N–H and O–H groups in total. The van der Waals surface area contributed by atoms with Crippen molar-refractivity contribution in [2.24, 2.45) is 0 Å². The Morgan fingerprint density at radius 1 is 1.73 bits per heavy atom. The third-order valence-electron chi connectivity index (χ3n) is 1.33. The van der Waals surface area contributed by atoms with Crippen LogP contribution in [-0.4, -0.2) is 12.3 Å². The summed E-state index contributed by atoms with van der Waals surface area (Å²) in [5.41, 5.74) is -1.70. The van der Waals surface area contributed by atoms with Crippen molar-refractivity contribution in [1.82, 2.24) is 0 Å². The molecule has 1 rings (SSSR count). The van der Waals surface area contributed by atoms with Gasteiger partial charge in [0, 0.05) is 6.42 Å². The van der Waals surface area contributed by atoms with E-state index in [4.69, 9.17) is 16.3 Å². The van der Waals surface area contributed by atoms with Crippen molar-refractivity contribution in [3.05, 3.63) is 11.5 Å². The lowest BCUT2D eigenvalue weighted by molar-refractivity contribution is 0.132. The van der Waals surface area contributed by atoms with E-state index in [1.165, 1.54) is 4.91 Å². The molecular formula is C7H13OPS2. The van der Waals surface area contributed by atoms with Crippen LogP contribution in [0.15, 0.2) is 11.5 Å². The molecule has 11 heavy (non-hydrogen) atoms. The average molecular weight is 208 g/mol. The molecule has 0 bridgehead atoms. The van der Waals surface area contributed by atoms with Crippen LogP contribution in [0.3, 0.4) is 0 Å². The van der Waals surface area contributed by atoms with E-state index in [-0.39, 0.29) is 5.60 Å². The van der Waals surface area contributed by atoms with Gasteiger partial charge < -0.3 is 4.52 Å². The molecule has 1 atom stereocenters. The summed E-state index contributed by atoms with van der Waals surface area (Å²) in [7, 11) is 0. The Hall–Kier alpha value is 0.700. The van der Waals surface area contributed by atoms with Gasteiger partial charge >= 0.3 is 0 Å². The summed E-state index contributed by atoms with van der Waals surface area (Å²) in [5, 5.41) is 0. The van der Waals surface area contributed by atoms with E-state index in [0.29, 0.717) is 0 Å². The Labute approximate surface area is 77.4 Å². The van der Waals surface area contributed by atoms with E-state index >= 15 is 0 Å². The van der Waals surface area contributed by atoms with E-state index in [2.05, 4.69) is 20.4 Å². The maximum Gasteiger partial charge on any atom is 0.121 e. The molecule has 1 saturated heterocycles.